The molecule has 8 nitrogen and oxygen atoms in total. The molecule has 1 aromatic carbocycles. The minimum Gasteiger partial charge on any atom is -0.451 e. The Labute approximate surface area is 141 Å². The standard InChI is InChI=1S/C15H14ClN3O5/c1-9(14(22)17-11-5-3-2-4-10(11)16)24-13(21)8-19-7-6-12(20)18-15(19)23/h2-7,9H,8H2,1H3,(H,17,22)(H,18,20,23)/t9-/m0/s1. The van der Waals surface area contributed by atoms with E-state index in [4.69, 9.17) is 16.3 Å². The van der Waals surface area contributed by atoms with Crippen LogP contribution in [0, 0.1) is 0 Å². The molecule has 1 heterocycles. The summed E-state index contributed by atoms with van der Waals surface area (Å²) in [6, 6.07) is 7.72. The number of aromatic amines is 1. The molecule has 0 radical (unpaired) electrons. The molecule has 1 aromatic heterocycles. The largest absolute Gasteiger partial charge is 0.451 e. The van der Waals surface area contributed by atoms with Crippen molar-refractivity contribution >= 4 is 29.2 Å². The number of nitrogens with one attached hydrogen (secondary N) is 2. The maximum absolute atomic E-state index is 12.0. The number of H-pyrrole nitrogens is 1. The van der Waals surface area contributed by atoms with Crippen LogP contribution >= 0.6 is 11.6 Å². The molecular weight excluding hydrogens is 338 g/mol. The normalized spacial score (nSPS) is 11.6. The van der Waals surface area contributed by atoms with E-state index in [0.29, 0.717) is 10.7 Å². The Kier molecular flexibility index (Phi) is 5.54. The van der Waals surface area contributed by atoms with Crippen molar-refractivity contribution in [3.8, 4) is 0 Å². The second-order valence-corrected chi connectivity index (χ2v) is 5.25. The molecule has 0 aliphatic heterocycles. The number of ether oxygens (including phenoxy) is 1. The molecule has 2 aromatic rings. The Morgan fingerprint density at radius 1 is 1.29 bits per heavy atom. The van der Waals surface area contributed by atoms with Crippen molar-refractivity contribution in [3.05, 3.63) is 62.4 Å². The predicted octanol–water partition coefficient (Wildman–Crippen LogP) is 0.760. The summed E-state index contributed by atoms with van der Waals surface area (Å²) in [6.07, 6.45) is 0.0731. The van der Waals surface area contributed by atoms with Gasteiger partial charge in [-0.25, -0.2) is 4.79 Å². The zero-order chi connectivity index (χ0) is 17.7. The van der Waals surface area contributed by atoms with Gasteiger partial charge in [0.05, 0.1) is 10.7 Å². The van der Waals surface area contributed by atoms with Crippen molar-refractivity contribution in [2.24, 2.45) is 0 Å². The van der Waals surface area contributed by atoms with Gasteiger partial charge >= 0.3 is 11.7 Å². The first-order valence-electron chi connectivity index (χ1n) is 6.91. The maximum atomic E-state index is 12.0. The number of para-hydroxylation sites is 1. The van der Waals surface area contributed by atoms with Gasteiger partial charge in [0.25, 0.3) is 11.5 Å². The van der Waals surface area contributed by atoms with Crippen molar-refractivity contribution in [1.29, 1.82) is 0 Å². The van der Waals surface area contributed by atoms with Crippen LogP contribution in [0.1, 0.15) is 6.92 Å². The number of carbonyl (C=O) groups is 2. The third kappa shape index (κ3) is 4.56. The molecule has 2 rings (SSSR count). The van der Waals surface area contributed by atoms with E-state index in [1.807, 2.05) is 4.98 Å². The van der Waals surface area contributed by atoms with Crippen LogP contribution in [0.5, 0.6) is 0 Å². The number of benzene rings is 1. The number of hydrogen-bond donors (Lipinski definition) is 2. The Morgan fingerprint density at radius 3 is 2.67 bits per heavy atom. The molecule has 24 heavy (non-hydrogen) atoms. The number of aromatic nitrogens is 2. The van der Waals surface area contributed by atoms with E-state index >= 15 is 0 Å². The second-order valence-electron chi connectivity index (χ2n) is 4.84. The summed E-state index contributed by atoms with van der Waals surface area (Å²) in [6.45, 7) is 0.957. The number of esters is 1. The predicted molar refractivity (Wildman–Crippen MR) is 87.0 cm³/mol. The van der Waals surface area contributed by atoms with E-state index in [-0.39, 0.29) is 0 Å². The van der Waals surface area contributed by atoms with Gasteiger partial charge in [0.15, 0.2) is 6.10 Å². The zero-order valence-electron chi connectivity index (χ0n) is 12.6. The van der Waals surface area contributed by atoms with Crippen molar-refractivity contribution in [2.45, 2.75) is 19.6 Å². The first-order chi connectivity index (χ1) is 11.4. The van der Waals surface area contributed by atoms with Crippen LogP contribution in [-0.2, 0) is 20.9 Å². The minimum atomic E-state index is -1.09. The number of nitrogens with zero attached hydrogens (tertiary/aromatic N) is 1. The van der Waals surface area contributed by atoms with Gasteiger partial charge in [-0.15, -0.1) is 0 Å². The molecule has 1 amide bonds. The maximum Gasteiger partial charge on any atom is 0.328 e. The van der Waals surface area contributed by atoms with Crippen LogP contribution in [0.25, 0.3) is 0 Å². The van der Waals surface area contributed by atoms with Gasteiger partial charge in [-0.2, -0.15) is 0 Å². The number of anilines is 1. The van der Waals surface area contributed by atoms with E-state index < -0.39 is 35.8 Å². The molecule has 0 fully saturated rings. The van der Waals surface area contributed by atoms with Crippen molar-refractivity contribution in [2.75, 3.05) is 5.32 Å². The third-order valence-electron chi connectivity index (χ3n) is 3.01. The molecule has 0 unspecified atom stereocenters. The van der Waals surface area contributed by atoms with Crippen LogP contribution in [0.2, 0.25) is 5.02 Å². The number of hydrogen-bond acceptors (Lipinski definition) is 5. The summed E-state index contributed by atoms with van der Waals surface area (Å²) >= 11 is 5.93. The average molecular weight is 352 g/mol. The quantitative estimate of drug-likeness (QED) is 0.773. The zero-order valence-corrected chi connectivity index (χ0v) is 13.4. The first-order valence-corrected chi connectivity index (χ1v) is 7.29. The highest BCUT2D eigenvalue weighted by Crippen LogP contribution is 2.20. The smallest absolute Gasteiger partial charge is 0.328 e. The fraction of sp³-hybridized carbons (Fsp3) is 0.200. The molecule has 0 bridgehead atoms. The molecule has 0 aliphatic carbocycles. The SMILES string of the molecule is C[C@H](OC(=O)Cn1ccc(=O)[nH]c1=O)C(=O)Nc1ccccc1Cl. The van der Waals surface area contributed by atoms with Crippen LogP contribution < -0.4 is 16.6 Å². The number of carbonyl (C=O) groups excluding carboxylic acids is 2. The topological polar surface area (TPSA) is 110 Å². The number of rotatable bonds is 5. The van der Waals surface area contributed by atoms with E-state index in [1.165, 1.54) is 6.92 Å². The fourth-order valence-corrected chi connectivity index (χ4v) is 1.98. The average Bonchev–Trinajstić information content (AvgIpc) is 2.52. The van der Waals surface area contributed by atoms with E-state index in [0.717, 1.165) is 16.8 Å². The van der Waals surface area contributed by atoms with Gasteiger partial charge in [0.1, 0.15) is 6.54 Å². The van der Waals surface area contributed by atoms with Crippen LogP contribution in [-0.4, -0.2) is 27.5 Å². The summed E-state index contributed by atoms with van der Waals surface area (Å²) in [5.41, 5.74) is -0.923. The van der Waals surface area contributed by atoms with E-state index in [9.17, 15) is 19.2 Å². The van der Waals surface area contributed by atoms with Crippen molar-refractivity contribution < 1.29 is 14.3 Å². The Hall–Kier alpha value is -2.87. The first kappa shape index (κ1) is 17.5. The molecule has 9 heteroatoms. The summed E-state index contributed by atoms with van der Waals surface area (Å²) < 4.78 is 5.93. The lowest BCUT2D eigenvalue weighted by molar-refractivity contribution is -0.153. The summed E-state index contributed by atoms with van der Waals surface area (Å²) in [7, 11) is 0. The van der Waals surface area contributed by atoms with Gasteiger partial charge < -0.3 is 10.1 Å². The van der Waals surface area contributed by atoms with Crippen LogP contribution in [0.3, 0.4) is 0 Å². The molecule has 0 saturated heterocycles. The minimum absolute atomic E-state index is 0.351. The number of amides is 1. The number of halogens is 1. The van der Waals surface area contributed by atoms with Gasteiger partial charge in [0, 0.05) is 12.3 Å². The van der Waals surface area contributed by atoms with Gasteiger partial charge in [-0.05, 0) is 19.1 Å². The monoisotopic (exact) mass is 351 g/mol. The molecule has 0 aliphatic rings. The molecule has 0 saturated carbocycles. The lowest BCUT2D eigenvalue weighted by Gasteiger charge is -2.14. The van der Waals surface area contributed by atoms with Gasteiger partial charge in [0.2, 0.25) is 0 Å². The van der Waals surface area contributed by atoms with Crippen molar-refractivity contribution in [1.82, 2.24) is 9.55 Å². The van der Waals surface area contributed by atoms with E-state index in [2.05, 4.69) is 5.32 Å². The molecular formula is C15H14ClN3O5. The lowest BCUT2D eigenvalue weighted by atomic mass is 10.3. The summed E-state index contributed by atoms with van der Waals surface area (Å²) in [5.74, 6) is -1.36. The fourth-order valence-electron chi connectivity index (χ4n) is 1.79. The second kappa shape index (κ2) is 7.60. The van der Waals surface area contributed by atoms with Gasteiger partial charge in [-0.3, -0.25) is 23.9 Å². The van der Waals surface area contributed by atoms with E-state index in [1.54, 1.807) is 24.3 Å². The Bertz CT molecular complexity index is 874. The molecule has 0 spiro atoms. The highest BCUT2D eigenvalue weighted by Gasteiger charge is 2.19. The molecule has 2 N–H and O–H groups in total. The summed E-state index contributed by atoms with van der Waals surface area (Å²) in [4.78, 5) is 48.2. The molecule has 1 atom stereocenters. The van der Waals surface area contributed by atoms with Crippen LogP contribution in [0.15, 0.2) is 46.1 Å². The lowest BCUT2D eigenvalue weighted by Crippen LogP contribution is -2.35. The Morgan fingerprint density at radius 2 is 2.00 bits per heavy atom. The summed E-state index contributed by atoms with van der Waals surface area (Å²) in [5, 5.41) is 2.88. The van der Waals surface area contributed by atoms with Gasteiger partial charge in [-0.1, -0.05) is 23.7 Å². The molecule has 126 valence electrons. The van der Waals surface area contributed by atoms with Crippen molar-refractivity contribution in [3.63, 3.8) is 0 Å². The third-order valence-corrected chi connectivity index (χ3v) is 3.34. The highest BCUT2D eigenvalue weighted by molar-refractivity contribution is 6.33. The van der Waals surface area contributed by atoms with Crippen LogP contribution in [0.4, 0.5) is 5.69 Å². The highest BCUT2D eigenvalue weighted by atomic mass is 35.5. The Balaban J connectivity index is 1.95.